The lowest BCUT2D eigenvalue weighted by Gasteiger charge is -2.26. The van der Waals surface area contributed by atoms with Crippen molar-refractivity contribution in [3.8, 4) is 0 Å². The number of allylic oxidation sites excluding steroid dienone is 2. The first-order chi connectivity index (χ1) is 9.52. The fraction of sp³-hybridized carbons (Fsp3) is 0.471. The zero-order valence-electron chi connectivity index (χ0n) is 12.6. The highest BCUT2D eigenvalue weighted by Crippen LogP contribution is 2.67. The molecule has 0 spiro atoms. The molecular formula is C17H22NOP. The number of benzene rings is 1. The molecule has 0 aromatic heterocycles. The molecule has 1 saturated heterocycles. The van der Waals surface area contributed by atoms with Crippen molar-refractivity contribution in [1.82, 2.24) is 4.90 Å². The number of rotatable bonds is 2. The summed E-state index contributed by atoms with van der Waals surface area (Å²) in [5, 5.41) is 1.46. The lowest BCUT2D eigenvalue weighted by molar-refractivity contribution is -0.132. The third-order valence-electron chi connectivity index (χ3n) is 4.87. The fourth-order valence-corrected chi connectivity index (χ4v) is 7.69. The molecule has 0 radical (unpaired) electrons. The van der Waals surface area contributed by atoms with Crippen molar-refractivity contribution in [1.29, 1.82) is 0 Å². The Morgan fingerprint density at radius 2 is 1.80 bits per heavy atom. The molecule has 1 amide bonds. The van der Waals surface area contributed by atoms with E-state index < -0.39 is 0 Å². The molecular weight excluding hydrogens is 265 g/mol. The van der Waals surface area contributed by atoms with Gasteiger partial charge in [-0.15, -0.1) is 0 Å². The van der Waals surface area contributed by atoms with E-state index in [9.17, 15) is 4.79 Å². The molecule has 2 bridgehead atoms. The van der Waals surface area contributed by atoms with Crippen LogP contribution in [0.1, 0.15) is 20.3 Å². The highest BCUT2D eigenvalue weighted by Gasteiger charge is 2.53. The minimum absolute atomic E-state index is 0.199. The SMILES string of the molecule is CC1=C(C)[C@H]2[C@@H](C(=O)N(C)C)C[C@@H]1[P@]2c1ccccc1. The summed E-state index contributed by atoms with van der Waals surface area (Å²) >= 11 is 0. The summed E-state index contributed by atoms with van der Waals surface area (Å²) in [5.41, 5.74) is 4.11. The van der Waals surface area contributed by atoms with E-state index in [0.29, 0.717) is 17.2 Å². The van der Waals surface area contributed by atoms with E-state index in [1.54, 1.807) is 10.5 Å². The van der Waals surface area contributed by atoms with E-state index in [1.807, 2.05) is 14.1 Å². The normalized spacial score (nSPS) is 31.8. The van der Waals surface area contributed by atoms with E-state index in [-0.39, 0.29) is 13.8 Å². The Kier molecular flexibility index (Phi) is 3.46. The van der Waals surface area contributed by atoms with Gasteiger partial charge in [0.15, 0.2) is 0 Å². The second-order valence-electron chi connectivity index (χ2n) is 6.14. The Balaban J connectivity index is 1.98. The average Bonchev–Trinajstić information content (AvgIpc) is 2.94. The van der Waals surface area contributed by atoms with E-state index in [4.69, 9.17) is 0 Å². The number of carbonyl (C=O) groups excluding carboxylic acids is 1. The van der Waals surface area contributed by atoms with Crippen molar-refractivity contribution in [3.05, 3.63) is 41.5 Å². The van der Waals surface area contributed by atoms with Gasteiger partial charge in [-0.1, -0.05) is 49.4 Å². The van der Waals surface area contributed by atoms with E-state index >= 15 is 0 Å². The zero-order valence-corrected chi connectivity index (χ0v) is 13.5. The molecule has 1 aromatic rings. The molecule has 3 rings (SSSR count). The molecule has 0 N–H and O–H groups in total. The standard InChI is InChI=1S/C17H22NOP/c1-11-12(2)16-14(17(19)18(3)4)10-15(11)20(16)13-8-6-5-7-9-13/h5-9,14-16H,10H2,1-4H3/t14-,15-,16-,20-/m0/s1. The van der Waals surface area contributed by atoms with Crippen LogP contribution in [0.15, 0.2) is 41.5 Å². The number of carbonyl (C=O) groups is 1. The van der Waals surface area contributed by atoms with E-state index in [1.165, 1.54) is 10.9 Å². The van der Waals surface area contributed by atoms with Gasteiger partial charge in [0.1, 0.15) is 0 Å². The summed E-state index contributed by atoms with van der Waals surface area (Å²) in [6, 6.07) is 10.8. The maximum Gasteiger partial charge on any atom is 0.226 e. The Labute approximate surface area is 122 Å². The fourth-order valence-electron chi connectivity index (χ4n) is 3.77. The van der Waals surface area contributed by atoms with Crippen molar-refractivity contribution in [2.24, 2.45) is 5.92 Å². The van der Waals surface area contributed by atoms with Crippen LogP contribution in [0.3, 0.4) is 0 Å². The summed E-state index contributed by atoms with van der Waals surface area (Å²) in [6.45, 7) is 4.52. The van der Waals surface area contributed by atoms with Gasteiger partial charge >= 0.3 is 0 Å². The topological polar surface area (TPSA) is 20.3 Å². The molecule has 20 heavy (non-hydrogen) atoms. The van der Waals surface area contributed by atoms with Crippen LogP contribution >= 0.6 is 7.92 Å². The molecule has 1 aromatic carbocycles. The minimum Gasteiger partial charge on any atom is -0.349 e. The molecule has 0 saturated carbocycles. The Morgan fingerprint density at radius 1 is 1.15 bits per heavy atom. The number of hydrogen-bond donors (Lipinski definition) is 0. The van der Waals surface area contributed by atoms with Crippen molar-refractivity contribution < 1.29 is 4.79 Å². The number of amides is 1. The van der Waals surface area contributed by atoms with Crippen LogP contribution in [0.5, 0.6) is 0 Å². The zero-order chi connectivity index (χ0) is 14.4. The van der Waals surface area contributed by atoms with Gasteiger partial charge in [0.25, 0.3) is 0 Å². The predicted octanol–water partition coefficient (Wildman–Crippen LogP) is 2.99. The molecule has 1 fully saturated rings. The molecule has 4 atom stereocenters. The second kappa shape index (κ2) is 5.00. The van der Waals surface area contributed by atoms with E-state index in [0.717, 1.165) is 6.42 Å². The number of nitrogens with zero attached hydrogens (tertiary/aromatic N) is 1. The smallest absolute Gasteiger partial charge is 0.226 e. The maximum absolute atomic E-state index is 12.5. The molecule has 2 heterocycles. The molecule has 2 aliphatic heterocycles. The van der Waals surface area contributed by atoms with Gasteiger partial charge in [0.05, 0.1) is 0 Å². The molecule has 2 aliphatic rings. The van der Waals surface area contributed by atoms with Crippen LogP contribution in [0.4, 0.5) is 0 Å². The molecule has 0 unspecified atom stereocenters. The van der Waals surface area contributed by atoms with Crippen LogP contribution in [-0.2, 0) is 4.79 Å². The second-order valence-corrected chi connectivity index (χ2v) is 8.65. The maximum atomic E-state index is 12.5. The first kappa shape index (κ1) is 13.8. The van der Waals surface area contributed by atoms with Gasteiger partial charge < -0.3 is 4.90 Å². The van der Waals surface area contributed by atoms with Crippen LogP contribution in [-0.4, -0.2) is 36.2 Å². The van der Waals surface area contributed by atoms with Crippen LogP contribution in [0.25, 0.3) is 0 Å². The van der Waals surface area contributed by atoms with Crippen LogP contribution < -0.4 is 5.30 Å². The molecule has 3 heteroatoms. The van der Waals surface area contributed by atoms with Gasteiger partial charge in [0.2, 0.25) is 5.91 Å². The number of fused-ring (bicyclic) bond motifs is 2. The van der Waals surface area contributed by atoms with Crippen molar-refractivity contribution in [2.45, 2.75) is 31.6 Å². The summed E-state index contributed by atoms with van der Waals surface area (Å²) in [7, 11) is 3.51. The van der Waals surface area contributed by atoms with Crippen molar-refractivity contribution in [2.75, 3.05) is 14.1 Å². The minimum atomic E-state index is -0.248. The lowest BCUT2D eigenvalue weighted by atomic mass is 9.84. The van der Waals surface area contributed by atoms with Crippen LogP contribution in [0, 0.1) is 5.92 Å². The highest BCUT2D eigenvalue weighted by molar-refractivity contribution is 7.68. The first-order valence-corrected chi connectivity index (χ1v) is 8.72. The summed E-state index contributed by atoms with van der Waals surface area (Å²) in [6.07, 6.45) is 1.05. The molecule has 2 nitrogen and oxygen atoms in total. The largest absolute Gasteiger partial charge is 0.349 e. The third kappa shape index (κ3) is 1.93. The number of hydrogen-bond acceptors (Lipinski definition) is 1. The summed E-state index contributed by atoms with van der Waals surface area (Å²) in [5.74, 6) is 0.512. The van der Waals surface area contributed by atoms with Crippen molar-refractivity contribution in [3.63, 3.8) is 0 Å². The average molecular weight is 287 g/mol. The van der Waals surface area contributed by atoms with E-state index in [2.05, 4.69) is 44.2 Å². The van der Waals surface area contributed by atoms with Gasteiger partial charge in [-0.3, -0.25) is 4.79 Å². The summed E-state index contributed by atoms with van der Waals surface area (Å²) < 4.78 is 0. The monoisotopic (exact) mass is 287 g/mol. The third-order valence-corrected chi connectivity index (χ3v) is 8.38. The quantitative estimate of drug-likeness (QED) is 0.605. The summed E-state index contributed by atoms with van der Waals surface area (Å²) in [4.78, 5) is 14.2. The molecule has 0 aliphatic carbocycles. The first-order valence-electron chi connectivity index (χ1n) is 7.24. The molecule has 106 valence electrons. The highest BCUT2D eigenvalue weighted by atomic mass is 31.1. The Hall–Kier alpha value is -1.14. The Morgan fingerprint density at radius 3 is 2.40 bits per heavy atom. The lowest BCUT2D eigenvalue weighted by Crippen LogP contribution is -2.35. The van der Waals surface area contributed by atoms with Crippen molar-refractivity contribution >= 4 is 19.1 Å². The van der Waals surface area contributed by atoms with Gasteiger partial charge in [-0.05, 0) is 25.6 Å². The van der Waals surface area contributed by atoms with Gasteiger partial charge in [-0.25, -0.2) is 0 Å². The predicted molar refractivity (Wildman–Crippen MR) is 85.7 cm³/mol. The Bertz CT molecular complexity index is 564. The van der Waals surface area contributed by atoms with Gasteiger partial charge in [0, 0.05) is 31.3 Å². The van der Waals surface area contributed by atoms with Gasteiger partial charge in [-0.2, -0.15) is 0 Å². The van der Waals surface area contributed by atoms with Crippen LogP contribution in [0.2, 0.25) is 0 Å².